The van der Waals surface area contributed by atoms with Crippen LogP contribution in [0.5, 0.6) is 0 Å². The zero-order valence-corrected chi connectivity index (χ0v) is 13.9. The number of rotatable bonds is 5. The van der Waals surface area contributed by atoms with Gasteiger partial charge in [0.25, 0.3) is 0 Å². The van der Waals surface area contributed by atoms with Crippen molar-refractivity contribution in [3.63, 3.8) is 0 Å². The molecule has 0 spiro atoms. The van der Waals surface area contributed by atoms with Crippen molar-refractivity contribution >= 4 is 40.8 Å². The number of carbonyl (C=O) groups excluding carboxylic acids is 1. The van der Waals surface area contributed by atoms with Crippen LogP contribution in [0.1, 0.15) is 17.0 Å². The lowest BCUT2D eigenvalue weighted by atomic mass is 10.1. The zero-order chi connectivity index (χ0) is 16.9. The Morgan fingerprint density at radius 1 is 1.25 bits per heavy atom. The van der Waals surface area contributed by atoms with Crippen LogP contribution in [-0.4, -0.2) is 23.4 Å². The number of nitrogens with zero attached hydrogens (tertiary/aromatic N) is 1. The zero-order valence-electron chi connectivity index (χ0n) is 13.1. The molecule has 5 heteroatoms. The molecule has 0 aliphatic rings. The van der Waals surface area contributed by atoms with Crippen molar-refractivity contribution in [1.29, 1.82) is 0 Å². The molecule has 0 saturated carbocycles. The highest BCUT2D eigenvalue weighted by atomic mass is 35.5. The normalized spacial score (nSPS) is 12.6. The van der Waals surface area contributed by atoms with Crippen LogP contribution in [0.3, 0.4) is 0 Å². The Morgan fingerprint density at radius 2 is 2.04 bits per heavy atom. The van der Waals surface area contributed by atoms with E-state index in [9.17, 15) is 4.79 Å². The Balaban J connectivity index is 1.79. The molecular weight excluding hydrogens is 326 g/mol. The van der Waals surface area contributed by atoms with Crippen LogP contribution in [0.2, 0.25) is 0 Å². The molecule has 0 aliphatic heterocycles. The summed E-state index contributed by atoms with van der Waals surface area (Å²) in [5.41, 5.74) is 3.40. The van der Waals surface area contributed by atoms with E-state index in [1.807, 2.05) is 60.7 Å². The number of aromatic nitrogens is 1. The average molecular weight is 342 g/mol. The Bertz CT molecular complexity index is 871. The molecule has 0 fully saturated rings. The number of methoxy groups -OCH3 is 1. The first kappa shape index (κ1) is 16.3. The Kier molecular flexibility index (Phi) is 4.96. The summed E-state index contributed by atoms with van der Waals surface area (Å²) in [5, 5.41) is -0.711. The molecule has 0 amide bonds. The van der Waals surface area contributed by atoms with Crippen LogP contribution in [-0.2, 0) is 16.0 Å². The third kappa shape index (κ3) is 3.84. The number of hydrogen-bond donors (Lipinski definition) is 0. The molecule has 1 aromatic heterocycles. The van der Waals surface area contributed by atoms with E-state index in [0.717, 1.165) is 16.6 Å². The third-order valence-electron chi connectivity index (χ3n) is 3.56. The van der Waals surface area contributed by atoms with Gasteiger partial charge in [-0.3, -0.25) is 4.79 Å². The number of benzene rings is 2. The molecule has 0 aliphatic carbocycles. The van der Waals surface area contributed by atoms with Gasteiger partial charge in [0, 0.05) is 6.08 Å². The van der Waals surface area contributed by atoms with E-state index in [1.165, 1.54) is 7.11 Å². The maximum atomic E-state index is 11.4. The maximum absolute atomic E-state index is 11.4. The van der Waals surface area contributed by atoms with Gasteiger partial charge in [-0.25, -0.2) is 4.98 Å². The summed E-state index contributed by atoms with van der Waals surface area (Å²) in [7, 11) is 1.32. The van der Waals surface area contributed by atoms with Crippen molar-refractivity contribution in [2.75, 3.05) is 7.11 Å². The van der Waals surface area contributed by atoms with Crippen LogP contribution >= 0.6 is 11.6 Å². The van der Waals surface area contributed by atoms with Crippen molar-refractivity contribution < 1.29 is 13.9 Å². The fraction of sp³-hybridized carbons (Fsp3) is 0.158. The first-order valence-corrected chi connectivity index (χ1v) is 7.94. The molecule has 0 bridgehead atoms. The van der Waals surface area contributed by atoms with Crippen LogP contribution in [0.25, 0.3) is 23.3 Å². The molecule has 0 N–H and O–H groups in total. The Labute approximate surface area is 144 Å². The smallest absolute Gasteiger partial charge is 0.324 e. The fourth-order valence-corrected chi connectivity index (χ4v) is 2.61. The molecule has 3 rings (SSSR count). The number of alkyl halides is 1. The van der Waals surface area contributed by atoms with Crippen LogP contribution in [0.15, 0.2) is 52.9 Å². The minimum atomic E-state index is -0.711. The highest BCUT2D eigenvalue weighted by Gasteiger charge is 2.16. The highest BCUT2D eigenvalue weighted by molar-refractivity contribution is 6.30. The third-order valence-corrected chi connectivity index (χ3v) is 3.89. The molecule has 4 nitrogen and oxygen atoms in total. The maximum Gasteiger partial charge on any atom is 0.324 e. The number of fused-ring (bicyclic) bond motifs is 1. The molecule has 2 aromatic carbocycles. The Morgan fingerprint density at radius 3 is 2.79 bits per heavy atom. The van der Waals surface area contributed by atoms with Gasteiger partial charge in [0.2, 0.25) is 5.89 Å². The van der Waals surface area contributed by atoms with Gasteiger partial charge in [-0.05, 0) is 35.8 Å². The largest absolute Gasteiger partial charge is 0.468 e. The van der Waals surface area contributed by atoms with Crippen molar-refractivity contribution in [2.45, 2.75) is 11.8 Å². The summed E-state index contributed by atoms with van der Waals surface area (Å²) in [6, 6.07) is 15.5. The topological polar surface area (TPSA) is 52.3 Å². The van der Waals surface area contributed by atoms with Crippen LogP contribution in [0.4, 0.5) is 0 Å². The molecule has 1 unspecified atom stereocenters. The second-order valence-corrected chi connectivity index (χ2v) is 5.82. The molecule has 1 atom stereocenters. The van der Waals surface area contributed by atoms with Gasteiger partial charge in [-0.1, -0.05) is 36.4 Å². The summed E-state index contributed by atoms with van der Waals surface area (Å²) in [5.74, 6) is 0.0878. The molecule has 0 radical (unpaired) electrons. The summed E-state index contributed by atoms with van der Waals surface area (Å²) >= 11 is 6.01. The van der Waals surface area contributed by atoms with Gasteiger partial charge in [-0.2, -0.15) is 0 Å². The van der Waals surface area contributed by atoms with E-state index in [2.05, 4.69) is 9.72 Å². The van der Waals surface area contributed by atoms with Crippen molar-refractivity contribution in [3.05, 3.63) is 65.5 Å². The van der Waals surface area contributed by atoms with Gasteiger partial charge in [-0.15, -0.1) is 11.6 Å². The lowest BCUT2D eigenvalue weighted by molar-refractivity contribution is -0.140. The van der Waals surface area contributed by atoms with Crippen molar-refractivity contribution in [3.8, 4) is 0 Å². The van der Waals surface area contributed by atoms with Gasteiger partial charge in [0.1, 0.15) is 10.9 Å². The predicted molar refractivity (Wildman–Crippen MR) is 94.7 cm³/mol. The fourth-order valence-electron chi connectivity index (χ4n) is 2.34. The van der Waals surface area contributed by atoms with E-state index in [4.69, 9.17) is 16.0 Å². The quantitative estimate of drug-likeness (QED) is 0.512. The van der Waals surface area contributed by atoms with E-state index < -0.39 is 11.3 Å². The average Bonchev–Trinajstić information content (AvgIpc) is 3.02. The first-order chi connectivity index (χ1) is 11.7. The Hall–Kier alpha value is -2.59. The SMILES string of the molecule is COC(=O)C(Cl)Cc1ccc2oc(/C=C/c3ccccc3)nc2c1. The van der Waals surface area contributed by atoms with Gasteiger partial charge in [0.05, 0.1) is 7.11 Å². The van der Waals surface area contributed by atoms with E-state index in [1.54, 1.807) is 0 Å². The van der Waals surface area contributed by atoms with Crippen molar-refractivity contribution in [1.82, 2.24) is 4.98 Å². The standard InChI is InChI=1S/C19H16ClNO3/c1-23-19(22)15(20)11-14-7-9-17-16(12-14)21-18(24-17)10-8-13-5-3-2-4-6-13/h2-10,12,15H,11H2,1H3/b10-8+. The number of oxazole rings is 1. The monoisotopic (exact) mass is 341 g/mol. The summed E-state index contributed by atoms with van der Waals surface area (Å²) < 4.78 is 10.3. The van der Waals surface area contributed by atoms with Crippen molar-refractivity contribution in [2.24, 2.45) is 0 Å². The second kappa shape index (κ2) is 7.32. The lowest BCUT2D eigenvalue weighted by Crippen LogP contribution is -2.18. The van der Waals surface area contributed by atoms with E-state index in [-0.39, 0.29) is 0 Å². The summed E-state index contributed by atoms with van der Waals surface area (Å²) in [4.78, 5) is 15.9. The minimum Gasteiger partial charge on any atom is -0.468 e. The number of hydrogen-bond acceptors (Lipinski definition) is 4. The van der Waals surface area contributed by atoms with E-state index in [0.29, 0.717) is 17.9 Å². The summed E-state index contributed by atoms with van der Waals surface area (Å²) in [6.07, 6.45) is 4.15. The van der Waals surface area contributed by atoms with Gasteiger partial charge >= 0.3 is 5.97 Å². The number of halogens is 1. The molecule has 1 heterocycles. The van der Waals surface area contributed by atoms with Crippen LogP contribution in [0, 0.1) is 0 Å². The second-order valence-electron chi connectivity index (χ2n) is 5.29. The predicted octanol–water partition coefficient (Wildman–Crippen LogP) is 4.32. The molecule has 3 aromatic rings. The summed E-state index contributed by atoms with van der Waals surface area (Å²) in [6.45, 7) is 0. The first-order valence-electron chi connectivity index (χ1n) is 7.50. The number of esters is 1. The molecular formula is C19H16ClNO3. The number of carbonyl (C=O) groups is 1. The highest BCUT2D eigenvalue weighted by Crippen LogP contribution is 2.20. The van der Waals surface area contributed by atoms with Gasteiger partial charge in [0.15, 0.2) is 5.58 Å². The lowest BCUT2D eigenvalue weighted by Gasteiger charge is -2.06. The minimum absolute atomic E-state index is 0.381. The van der Waals surface area contributed by atoms with E-state index >= 15 is 0 Å². The number of ether oxygens (including phenoxy) is 1. The molecule has 0 saturated heterocycles. The molecule has 24 heavy (non-hydrogen) atoms. The molecule has 122 valence electrons. The van der Waals surface area contributed by atoms with Crippen LogP contribution < -0.4 is 0 Å². The van der Waals surface area contributed by atoms with Gasteiger partial charge < -0.3 is 9.15 Å².